The van der Waals surface area contributed by atoms with Gasteiger partial charge >= 0.3 is 5.97 Å². The van der Waals surface area contributed by atoms with E-state index in [4.69, 9.17) is 9.52 Å². The van der Waals surface area contributed by atoms with E-state index in [1.54, 1.807) is 6.92 Å². The second-order valence-corrected chi connectivity index (χ2v) is 3.76. The van der Waals surface area contributed by atoms with Crippen molar-refractivity contribution in [1.82, 2.24) is 0 Å². The van der Waals surface area contributed by atoms with E-state index in [1.165, 1.54) is 24.3 Å². The van der Waals surface area contributed by atoms with Gasteiger partial charge in [-0.1, -0.05) is 12.1 Å². The molecule has 18 heavy (non-hydrogen) atoms. The quantitative estimate of drug-likeness (QED) is 0.848. The Bertz CT molecular complexity index is 628. The van der Waals surface area contributed by atoms with Gasteiger partial charge in [0, 0.05) is 5.56 Å². The molecule has 4 nitrogen and oxygen atoms in total. The van der Waals surface area contributed by atoms with Gasteiger partial charge in [0.1, 0.15) is 5.82 Å². The molecule has 5 heteroatoms. The normalized spacial score (nSPS) is 10.3. The first-order chi connectivity index (χ1) is 8.49. The van der Waals surface area contributed by atoms with Crippen molar-refractivity contribution in [2.75, 3.05) is 0 Å². The lowest BCUT2D eigenvalue weighted by atomic mass is 10.1. The Labute approximate surface area is 102 Å². The first-order valence-corrected chi connectivity index (χ1v) is 5.13. The highest BCUT2D eigenvalue weighted by Gasteiger charge is 2.17. The maximum Gasteiger partial charge on any atom is 0.371 e. The molecule has 0 atom stereocenters. The highest BCUT2D eigenvalue weighted by molar-refractivity contribution is 6.07. The van der Waals surface area contributed by atoms with Crippen molar-refractivity contribution in [3.63, 3.8) is 0 Å². The van der Waals surface area contributed by atoms with Crippen molar-refractivity contribution >= 4 is 11.8 Å². The lowest BCUT2D eigenvalue weighted by Crippen LogP contribution is -2.01. The van der Waals surface area contributed by atoms with Gasteiger partial charge in [-0.2, -0.15) is 0 Å². The van der Waals surface area contributed by atoms with Gasteiger partial charge in [-0.3, -0.25) is 4.79 Å². The summed E-state index contributed by atoms with van der Waals surface area (Å²) in [6.45, 7) is 1.58. The van der Waals surface area contributed by atoms with Crippen molar-refractivity contribution in [3.8, 4) is 0 Å². The number of aryl methyl sites for hydroxylation is 1. The molecule has 1 aromatic heterocycles. The Morgan fingerprint density at radius 3 is 2.39 bits per heavy atom. The summed E-state index contributed by atoms with van der Waals surface area (Å²) in [6.07, 6.45) is 0. The zero-order chi connectivity index (χ0) is 13.3. The van der Waals surface area contributed by atoms with E-state index in [1.807, 2.05) is 0 Å². The number of carboxylic acid groups (broad SMARTS) is 1. The van der Waals surface area contributed by atoms with Crippen LogP contribution in [0, 0.1) is 12.7 Å². The van der Waals surface area contributed by atoms with Crippen LogP contribution in [0.1, 0.15) is 32.2 Å². The standard InChI is InChI=1S/C13H9FO4/c1-7-2-3-8(6-9(7)14)12(15)10-4-5-11(18-10)13(16)17/h2-6H,1H3,(H,16,17). The summed E-state index contributed by atoms with van der Waals surface area (Å²) in [5.74, 6) is -2.77. The van der Waals surface area contributed by atoms with Crippen LogP contribution in [-0.2, 0) is 0 Å². The van der Waals surface area contributed by atoms with E-state index < -0.39 is 17.6 Å². The molecule has 1 aromatic carbocycles. The van der Waals surface area contributed by atoms with Crippen LogP contribution in [0.5, 0.6) is 0 Å². The summed E-state index contributed by atoms with van der Waals surface area (Å²) in [7, 11) is 0. The number of hydrogen-bond donors (Lipinski definition) is 1. The zero-order valence-electron chi connectivity index (χ0n) is 9.44. The molecule has 0 aliphatic rings. The lowest BCUT2D eigenvalue weighted by molar-refractivity contribution is 0.0660. The van der Waals surface area contributed by atoms with Crippen LogP contribution in [0.15, 0.2) is 34.7 Å². The molecule has 0 saturated heterocycles. The minimum Gasteiger partial charge on any atom is -0.475 e. The predicted octanol–water partition coefficient (Wildman–Crippen LogP) is 2.66. The number of hydrogen-bond acceptors (Lipinski definition) is 3. The summed E-state index contributed by atoms with van der Waals surface area (Å²) in [4.78, 5) is 22.5. The number of carbonyl (C=O) groups excluding carboxylic acids is 1. The fourth-order valence-electron chi connectivity index (χ4n) is 1.45. The van der Waals surface area contributed by atoms with Crippen LogP contribution in [-0.4, -0.2) is 16.9 Å². The fraction of sp³-hybridized carbons (Fsp3) is 0.0769. The van der Waals surface area contributed by atoms with Gasteiger partial charge in [-0.05, 0) is 30.7 Å². The molecule has 1 heterocycles. The van der Waals surface area contributed by atoms with Gasteiger partial charge in [-0.25, -0.2) is 9.18 Å². The minimum absolute atomic E-state index is 0.115. The van der Waals surface area contributed by atoms with E-state index in [9.17, 15) is 14.0 Å². The van der Waals surface area contributed by atoms with Crippen LogP contribution in [0.25, 0.3) is 0 Å². The highest BCUT2D eigenvalue weighted by atomic mass is 19.1. The molecule has 0 spiro atoms. The van der Waals surface area contributed by atoms with Crippen molar-refractivity contribution in [2.24, 2.45) is 0 Å². The molecular formula is C13H9FO4. The van der Waals surface area contributed by atoms with E-state index in [0.29, 0.717) is 5.56 Å². The molecular weight excluding hydrogens is 239 g/mol. The van der Waals surface area contributed by atoms with E-state index in [0.717, 1.165) is 6.07 Å². The maximum atomic E-state index is 13.3. The summed E-state index contributed by atoms with van der Waals surface area (Å²) in [5.41, 5.74) is 0.543. The summed E-state index contributed by atoms with van der Waals surface area (Å²) < 4.78 is 18.2. The number of aromatic carboxylic acids is 1. The second kappa shape index (κ2) is 4.44. The molecule has 0 saturated carbocycles. The van der Waals surface area contributed by atoms with Crippen LogP contribution < -0.4 is 0 Å². The zero-order valence-corrected chi connectivity index (χ0v) is 9.44. The molecule has 0 aliphatic heterocycles. The Hall–Kier alpha value is -2.43. The van der Waals surface area contributed by atoms with Crippen LogP contribution in [0.3, 0.4) is 0 Å². The van der Waals surface area contributed by atoms with Gasteiger partial charge in [0.15, 0.2) is 5.76 Å². The van der Waals surface area contributed by atoms with Gasteiger partial charge < -0.3 is 9.52 Å². The number of halogens is 1. The first-order valence-electron chi connectivity index (χ1n) is 5.13. The van der Waals surface area contributed by atoms with Gasteiger partial charge in [0.25, 0.3) is 0 Å². The van der Waals surface area contributed by atoms with E-state index in [2.05, 4.69) is 0 Å². The number of furan rings is 1. The van der Waals surface area contributed by atoms with E-state index in [-0.39, 0.29) is 17.1 Å². The van der Waals surface area contributed by atoms with Crippen molar-refractivity contribution < 1.29 is 23.5 Å². The number of benzene rings is 1. The molecule has 92 valence electrons. The molecule has 1 N–H and O–H groups in total. The van der Waals surface area contributed by atoms with Crippen LogP contribution in [0.2, 0.25) is 0 Å². The molecule has 0 aliphatic carbocycles. The largest absolute Gasteiger partial charge is 0.475 e. The van der Waals surface area contributed by atoms with Gasteiger partial charge in [0.2, 0.25) is 11.5 Å². The molecule has 0 fully saturated rings. The second-order valence-electron chi connectivity index (χ2n) is 3.76. The van der Waals surface area contributed by atoms with E-state index >= 15 is 0 Å². The Morgan fingerprint density at radius 1 is 1.17 bits per heavy atom. The summed E-state index contributed by atoms with van der Waals surface area (Å²) >= 11 is 0. The summed E-state index contributed by atoms with van der Waals surface area (Å²) in [6, 6.07) is 6.47. The minimum atomic E-state index is -1.26. The molecule has 2 aromatic rings. The number of carboxylic acids is 1. The smallest absolute Gasteiger partial charge is 0.371 e. The van der Waals surface area contributed by atoms with Gasteiger partial charge in [0.05, 0.1) is 0 Å². The monoisotopic (exact) mass is 248 g/mol. The van der Waals surface area contributed by atoms with Crippen LogP contribution >= 0.6 is 0 Å². The number of rotatable bonds is 3. The molecule has 2 rings (SSSR count). The van der Waals surface area contributed by atoms with Gasteiger partial charge in [-0.15, -0.1) is 0 Å². The SMILES string of the molecule is Cc1ccc(C(=O)c2ccc(C(=O)O)o2)cc1F. The first kappa shape index (κ1) is 12.0. The maximum absolute atomic E-state index is 13.3. The third-order valence-corrected chi connectivity index (χ3v) is 2.47. The Kier molecular flexibility index (Phi) is 2.97. The number of ketones is 1. The lowest BCUT2D eigenvalue weighted by Gasteiger charge is -2.00. The van der Waals surface area contributed by atoms with Crippen molar-refractivity contribution in [2.45, 2.75) is 6.92 Å². The average molecular weight is 248 g/mol. The summed E-state index contributed by atoms with van der Waals surface area (Å²) in [5, 5.41) is 8.67. The third-order valence-electron chi connectivity index (χ3n) is 2.47. The topological polar surface area (TPSA) is 67.5 Å². The average Bonchev–Trinajstić information content (AvgIpc) is 2.81. The highest BCUT2D eigenvalue weighted by Crippen LogP contribution is 2.16. The Morgan fingerprint density at radius 2 is 1.83 bits per heavy atom. The van der Waals surface area contributed by atoms with Crippen LogP contribution in [0.4, 0.5) is 4.39 Å². The fourth-order valence-corrected chi connectivity index (χ4v) is 1.45. The third kappa shape index (κ3) is 2.15. The van der Waals surface area contributed by atoms with Crippen molar-refractivity contribution in [3.05, 3.63) is 58.8 Å². The van der Waals surface area contributed by atoms with Crippen molar-refractivity contribution in [1.29, 1.82) is 0 Å². The predicted molar refractivity (Wildman–Crippen MR) is 60.2 cm³/mol. The molecule has 0 bridgehead atoms. The Balaban J connectivity index is 2.35. The molecule has 0 unspecified atom stereocenters. The number of carbonyl (C=O) groups is 2. The molecule has 0 amide bonds. The molecule has 0 radical (unpaired) electrons.